The van der Waals surface area contributed by atoms with Gasteiger partial charge in [0.1, 0.15) is 12.4 Å². The molecule has 2 aromatic rings. The monoisotopic (exact) mass is 458 g/mol. The zero-order valence-electron chi connectivity index (χ0n) is 17.0. The molecule has 1 N–H and O–H groups in total. The molecule has 0 spiro atoms. The second-order valence-corrected chi connectivity index (χ2v) is 7.97. The summed E-state index contributed by atoms with van der Waals surface area (Å²) < 4.78 is 14.4. The number of hydrogen-bond acceptors (Lipinski definition) is 1. The normalized spacial score (nSPS) is 16.0. The molecular weight excluding hydrogens is 428 g/mol. The van der Waals surface area contributed by atoms with Crippen LogP contribution in [-0.4, -0.2) is 30.0 Å². The van der Waals surface area contributed by atoms with Crippen molar-refractivity contribution < 1.29 is 46.4 Å². The van der Waals surface area contributed by atoms with Crippen LogP contribution >= 0.6 is 0 Å². The first-order valence-corrected chi connectivity index (χ1v) is 9.93. The zero-order valence-corrected chi connectivity index (χ0v) is 19.8. The van der Waals surface area contributed by atoms with Crippen molar-refractivity contribution in [1.29, 1.82) is 0 Å². The number of rotatable bonds is 5. The fourth-order valence-corrected chi connectivity index (χ4v) is 4.29. The second-order valence-electron chi connectivity index (χ2n) is 7.97. The molecule has 0 aliphatic carbocycles. The van der Waals surface area contributed by atoms with Gasteiger partial charge in [0.25, 0.3) is 5.91 Å². The minimum absolute atomic E-state index is 0. The Morgan fingerprint density at radius 2 is 1.57 bits per heavy atom. The Kier molecular flexibility index (Phi) is 8.79. The molecule has 147 valence electrons. The van der Waals surface area contributed by atoms with Gasteiger partial charge in [-0.3, -0.25) is 4.79 Å². The Morgan fingerprint density at radius 3 is 2.14 bits per heavy atom. The molecule has 0 saturated carbocycles. The number of quaternary nitrogens is 1. The van der Waals surface area contributed by atoms with E-state index in [2.05, 4.69) is 29.6 Å². The molecule has 1 saturated heterocycles. The van der Waals surface area contributed by atoms with E-state index >= 15 is 0 Å². The maximum Gasteiger partial charge on any atom is 0.279 e. The number of benzene rings is 2. The minimum Gasteiger partial charge on any atom is -0.321 e. The summed E-state index contributed by atoms with van der Waals surface area (Å²) in [5.41, 5.74) is 3.56. The number of nitrogens with one attached hydrogen (secondary N) is 1. The van der Waals surface area contributed by atoms with Gasteiger partial charge in [0, 0.05) is 44.0 Å². The molecule has 1 fully saturated rings. The predicted octanol–water partition coefficient (Wildman–Crippen LogP) is 4.97. The molecule has 1 aliphatic rings. The summed E-state index contributed by atoms with van der Waals surface area (Å²) in [7, 11) is 0. The summed E-state index contributed by atoms with van der Waals surface area (Å²) >= 11 is 0. The maximum atomic E-state index is 13.6. The second kappa shape index (κ2) is 10.6. The van der Waals surface area contributed by atoms with E-state index in [1.807, 2.05) is 19.9 Å². The Balaban J connectivity index is 0.00000280. The predicted molar refractivity (Wildman–Crippen MR) is 108 cm³/mol. The number of halogens is 1. The first kappa shape index (κ1) is 23.2. The van der Waals surface area contributed by atoms with Gasteiger partial charge >= 0.3 is 0 Å². The quantitative estimate of drug-likeness (QED) is 0.630. The molecule has 5 heteroatoms. The van der Waals surface area contributed by atoms with E-state index in [-0.39, 0.29) is 44.4 Å². The average molecular weight is 458 g/mol. The third-order valence-corrected chi connectivity index (χ3v) is 5.62. The van der Waals surface area contributed by atoms with Gasteiger partial charge in [-0.25, -0.2) is 4.39 Å². The van der Waals surface area contributed by atoms with Crippen LogP contribution in [0.3, 0.4) is 0 Å². The minimum atomic E-state index is -0.261. The molecule has 1 heterocycles. The molecule has 0 unspecified atom stereocenters. The molecule has 3 nitrogen and oxygen atoms in total. The molecule has 1 aliphatic heterocycles. The van der Waals surface area contributed by atoms with Crippen LogP contribution < -0.4 is 5.32 Å². The van der Waals surface area contributed by atoms with Gasteiger partial charge in [-0.2, -0.15) is 0 Å². The molecular formula is C23H30FN2OY+. The van der Waals surface area contributed by atoms with Crippen LogP contribution in [0, 0.1) is 19.7 Å². The fraction of sp³-hybridized carbons (Fsp3) is 0.435. The number of aryl methyl sites for hydroxylation is 2. The number of nitrogens with zero attached hydrogens (tertiary/aromatic N) is 1. The average Bonchev–Trinajstić information content (AvgIpc) is 2.84. The van der Waals surface area contributed by atoms with E-state index in [9.17, 15) is 9.18 Å². The van der Waals surface area contributed by atoms with Gasteiger partial charge in [-0.1, -0.05) is 30.3 Å². The molecule has 2 aromatic carbocycles. The van der Waals surface area contributed by atoms with Gasteiger partial charge in [-0.15, -0.1) is 0 Å². The van der Waals surface area contributed by atoms with Gasteiger partial charge in [-0.05, 0) is 62.8 Å². The summed E-state index contributed by atoms with van der Waals surface area (Å²) in [6, 6.07) is 13.4. The standard InChI is InChI=1S/C23H29FN2O.Y/c1-18-14-21(24)15-19(2)23(18)25-22(27)17-26(12-8-3-4-9-13-26)16-20-10-6-5-7-11-20;/h5-7,10-11,14-15H,3-4,8-9,12-13,16-17H2,1-2H3;/p+1. The van der Waals surface area contributed by atoms with Crippen LogP contribution in [0.15, 0.2) is 42.5 Å². The Labute approximate surface area is 193 Å². The van der Waals surface area contributed by atoms with E-state index in [0.29, 0.717) is 6.54 Å². The summed E-state index contributed by atoms with van der Waals surface area (Å²) in [6.07, 6.45) is 4.81. The van der Waals surface area contributed by atoms with Crippen LogP contribution in [0.2, 0.25) is 0 Å². The van der Waals surface area contributed by atoms with Crippen molar-refractivity contribution in [2.75, 3.05) is 25.0 Å². The van der Waals surface area contributed by atoms with Crippen LogP contribution in [-0.2, 0) is 44.0 Å². The van der Waals surface area contributed by atoms with Crippen molar-refractivity contribution in [2.45, 2.75) is 46.1 Å². The zero-order chi connectivity index (χ0) is 19.3. The number of anilines is 1. The Bertz CT molecular complexity index is 763. The molecule has 0 bridgehead atoms. The largest absolute Gasteiger partial charge is 0.321 e. The summed E-state index contributed by atoms with van der Waals surface area (Å²) in [5, 5.41) is 3.06. The fourth-order valence-electron chi connectivity index (χ4n) is 4.29. The number of hydrogen-bond donors (Lipinski definition) is 1. The van der Waals surface area contributed by atoms with Gasteiger partial charge < -0.3 is 9.80 Å². The molecule has 3 rings (SSSR count). The van der Waals surface area contributed by atoms with E-state index in [0.717, 1.165) is 53.8 Å². The molecule has 28 heavy (non-hydrogen) atoms. The van der Waals surface area contributed by atoms with Crippen molar-refractivity contribution in [3.05, 3.63) is 65.0 Å². The molecule has 0 atom stereocenters. The number of carbonyl (C=O) groups is 1. The van der Waals surface area contributed by atoms with Gasteiger partial charge in [0.15, 0.2) is 6.54 Å². The van der Waals surface area contributed by atoms with Gasteiger partial charge in [0.2, 0.25) is 0 Å². The Hall–Kier alpha value is -1.10. The van der Waals surface area contributed by atoms with Crippen LogP contribution in [0.5, 0.6) is 0 Å². The molecule has 0 aromatic heterocycles. The van der Waals surface area contributed by atoms with Gasteiger partial charge in [0.05, 0.1) is 13.1 Å². The van der Waals surface area contributed by atoms with E-state index < -0.39 is 0 Å². The van der Waals surface area contributed by atoms with Crippen molar-refractivity contribution in [3.8, 4) is 0 Å². The number of carbonyl (C=O) groups excluding carboxylic acids is 1. The van der Waals surface area contributed by atoms with Crippen LogP contribution in [0.4, 0.5) is 10.1 Å². The van der Waals surface area contributed by atoms with E-state index in [4.69, 9.17) is 0 Å². The summed E-state index contributed by atoms with van der Waals surface area (Å²) in [4.78, 5) is 13.0. The maximum absolute atomic E-state index is 13.6. The first-order chi connectivity index (χ1) is 13.0. The van der Waals surface area contributed by atoms with Crippen molar-refractivity contribution in [3.63, 3.8) is 0 Å². The number of likely N-dealkylation sites (tertiary alicyclic amines) is 1. The summed E-state index contributed by atoms with van der Waals surface area (Å²) in [6.45, 7) is 7.09. The number of amides is 1. The van der Waals surface area contributed by atoms with Crippen molar-refractivity contribution >= 4 is 11.6 Å². The molecule has 1 amide bonds. The third-order valence-electron chi connectivity index (χ3n) is 5.62. The van der Waals surface area contributed by atoms with Crippen molar-refractivity contribution in [2.24, 2.45) is 0 Å². The summed E-state index contributed by atoms with van der Waals surface area (Å²) in [5.74, 6) is -0.242. The smallest absolute Gasteiger partial charge is 0.279 e. The third kappa shape index (κ3) is 6.20. The first-order valence-electron chi connectivity index (χ1n) is 9.93. The van der Waals surface area contributed by atoms with Crippen LogP contribution in [0.1, 0.15) is 42.4 Å². The van der Waals surface area contributed by atoms with E-state index in [1.54, 1.807) is 0 Å². The SMILES string of the molecule is Cc1cc(F)cc(C)c1NC(=O)C[N+]1(Cc2ccccc2)CCCCCC1.[Y]. The Morgan fingerprint density at radius 1 is 1.00 bits per heavy atom. The van der Waals surface area contributed by atoms with Crippen LogP contribution in [0.25, 0.3) is 0 Å². The van der Waals surface area contributed by atoms with Crippen molar-refractivity contribution in [1.82, 2.24) is 0 Å². The van der Waals surface area contributed by atoms with E-state index in [1.165, 1.54) is 30.5 Å². The topological polar surface area (TPSA) is 29.1 Å². The molecule has 1 radical (unpaired) electrons.